The highest BCUT2D eigenvalue weighted by molar-refractivity contribution is 7.80. The Morgan fingerprint density at radius 3 is 2.50 bits per heavy atom. The summed E-state index contributed by atoms with van der Waals surface area (Å²) in [5.74, 6) is 0.616. The average molecular weight is 420 g/mol. The quantitative estimate of drug-likeness (QED) is 0.352. The molecule has 0 radical (unpaired) electrons. The number of thiocarbonyl (C=S) groups is 1. The van der Waals surface area contributed by atoms with Crippen molar-refractivity contribution in [2.75, 3.05) is 23.8 Å². The van der Waals surface area contributed by atoms with Crippen molar-refractivity contribution in [3.05, 3.63) is 78.9 Å². The van der Waals surface area contributed by atoms with E-state index in [1.54, 1.807) is 0 Å². The van der Waals surface area contributed by atoms with Crippen LogP contribution in [0.4, 0.5) is 11.4 Å². The molecule has 0 aliphatic carbocycles. The molecular weight excluding hydrogens is 394 g/mol. The second-order valence-electron chi connectivity index (χ2n) is 6.70. The van der Waals surface area contributed by atoms with Gasteiger partial charge < -0.3 is 20.7 Å². The first-order valence-corrected chi connectivity index (χ1v) is 10.2. The minimum atomic E-state index is -0.105. The lowest BCUT2D eigenvalue weighted by molar-refractivity contribution is -0.114. The first-order chi connectivity index (χ1) is 14.6. The minimum Gasteiger partial charge on any atom is -0.493 e. The number of rotatable bonds is 8. The Balaban J connectivity index is 1.44. The fourth-order valence-electron chi connectivity index (χ4n) is 2.96. The van der Waals surface area contributed by atoms with Crippen LogP contribution in [0, 0.1) is 0 Å². The van der Waals surface area contributed by atoms with Gasteiger partial charge in [-0.05, 0) is 42.4 Å². The molecule has 154 valence electrons. The third-order valence-corrected chi connectivity index (χ3v) is 4.54. The van der Waals surface area contributed by atoms with E-state index in [0.29, 0.717) is 18.3 Å². The summed E-state index contributed by atoms with van der Waals surface area (Å²) >= 11 is 5.44. The van der Waals surface area contributed by atoms with Crippen LogP contribution in [0.1, 0.15) is 13.3 Å². The average Bonchev–Trinajstić information content (AvgIpc) is 2.74. The van der Waals surface area contributed by atoms with Gasteiger partial charge in [-0.15, -0.1) is 0 Å². The molecule has 0 saturated carbocycles. The van der Waals surface area contributed by atoms with Crippen molar-refractivity contribution in [1.82, 2.24) is 5.32 Å². The Morgan fingerprint density at radius 1 is 0.933 bits per heavy atom. The number of amides is 1. The zero-order valence-corrected chi connectivity index (χ0v) is 17.7. The fourth-order valence-corrected chi connectivity index (χ4v) is 3.17. The Morgan fingerprint density at radius 2 is 1.70 bits per heavy atom. The Hall–Kier alpha value is -3.38. The maximum Gasteiger partial charge on any atom is 0.221 e. The number of hydrogen-bond acceptors (Lipinski definition) is 3. The summed E-state index contributed by atoms with van der Waals surface area (Å²) in [6.45, 7) is 2.71. The van der Waals surface area contributed by atoms with E-state index >= 15 is 0 Å². The zero-order chi connectivity index (χ0) is 21.2. The van der Waals surface area contributed by atoms with E-state index in [1.807, 2.05) is 60.7 Å². The number of carbonyl (C=O) groups is 1. The topological polar surface area (TPSA) is 62.4 Å². The molecule has 3 rings (SSSR count). The lowest BCUT2D eigenvalue weighted by Crippen LogP contribution is -2.30. The van der Waals surface area contributed by atoms with Crippen molar-refractivity contribution in [2.45, 2.75) is 13.3 Å². The minimum absolute atomic E-state index is 0.105. The number of ether oxygens (including phenoxy) is 1. The van der Waals surface area contributed by atoms with Gasteiger partial charge in [-0.3, -0.25) is 4.79 Å². The molecule has 0 fully saturated rings. The molecule has 0 unspecified atom stereocenters. The highest BCUT2D eigenvalue weighted by atomic mass is 32.1. The molecule has 3 aromatic carbocycles. The molecule has 5 nitrogen and oxygen atoms in total. The van der Waals surface area contributed by atoms with E-state index in [9.17, 15) is 4.79 Å². The predicted octanol–water partition coefficient (Wildman–Crippen LogP) is 5.07. The molecule has 0 spiro atoms. The number of anilines is 2. The van der Waals surface area contributed by atoms with Gasteiger partial charge in [-0.25, -0.2) is 0 Å². The largest absolute Gasteiger partial charge is 0.493 e. The first-order valence-electron chi connectivity index (χ1n) is 9.81. The van der Waals surface area contributed by atoms with Gasteiger partial charge >= 0.3 is 0 Å². The van der Waals surface area contributed by atoms with Crippen molar-refractivity contribution in [3.8, 4) is 16.9 Å². The number of benzene rings is 3. The van der Waals surface area contributed by atoms with Crippen LogP contribution in [0.2, 0.25) is 0 Å². The third kappa shape index (κ3) is 6.60. The smallest absolute Gasteiger partial charge is 0.221 e. The zero-order valence-electron chi connectivity index (χ0n) is 16.9. The summed E-state index contributed by atoms with van der Waals surface area (Å²) in [6.07, 6.45) is 0.784. The third-order valence-electron chi connectivity index (χ3n) is 4.29. The summed E-state index contributed by atoms with van der Waals surface area (Å²) in [6, 6.07) is 25.6. The van der Waals surface area contributed by atoms with Gasteiger partial charge in [0.2, 0.25) is 5.91 Å². The SMILES string of the molecule is CC(=O)Nc1cccc(OCCCNC(=S)Nc2ccccc2-c2ccccc2)c1. The van der Waals surface area contributed by atoms with Gasteiger partial charge in [0, 0.05) is 36.5 Å². The Kier molecular flexibility index (Phi) is 7.80. The first kappa shape index (κ1) is 21.3. The van der Waals surface area contributed by atoms with Gasteiger partial charge in [0.1, 0.15) is 5.75 Å². The molecule has 3 aromatic rings. The lowest BCUT2D eigenvalue weighted by Gasteiger charge is -2.14. The van der Waals surface area contributed by atoms with Gasteiger partial charge in [0.25, 0.3) is 0 Å². The van der Waals surface area contributed by atoms with Gasteiger partial charge in [0.15, 0.2) is 5.11 Å². The van der Waals surface area contributed by atoms with Crippen molar-refractivity contribution in [3.63, 3.8) is 0 Å². The molecule has 6 heteroatoms. The molecule has 0 aliphatic rings. The van der Waals surface area contributed by atoms with Crippen molar-refractivity contribution in [2.24, 2.45) is 0 Å². The van der Waals surface area contributed by atoms with Gasteiger partial charge in [-0.1, -0.05) is 54.6 Å². The van der Waals surface area contributed by atoms with Crippen LogP contribution in [0.15, 0.2) is 78.9 Å². The Bertz CT molecular complexity index is 993. The maximum absolute atomic E-state index is 11.1. The summed E-state index contributed by atoms with van der Waals surface area (Å²) in [5.41, 5.74) is 3.93. The summed E-state index contributed by atoms with van der Waals surface area (Å²) < 4.78 is 5.75. The molecule has 3 N–H and O–H groups in total. The van der Waals surface area contributed by atoms with E-state index in [2.05, 4.69) is 34.1 Å². The highest BCUT2D eigenvalue weighted by Gasteiger charge is 2.06. The van der Waals surface area contributed by atoms with E-state index in [-0.39, 0.29) is 5.91 Å². The van der Waals surface area contributed by atoms with E-state index in [1.165, 1.54) is 6.92 Å². The van der Waals surface area contributed by atoms with Gasteiger partial charge in [0.05, 0.1) is 6.61 Å². The van der Waals surface area contributed by atoms with Crippen LogP contribution in [-0.4, -0.2) is 24.2 Å². The monoisotopic (exact) mass is 419 g/mol. The summed E-state index contributed by atoms with van der Waals surface area (Å²) in [7, 11) is 0. The van der Waals surface area contributed by atoms with Crippen molar-refractivity contribution in [1.29, 1.82) is 0 Å². The fraction of sp³-hybridized carbons (Fsp3) is 0.167. The van der Waals surface area contributed by atoms with E-state index in [0.717, 1.165) is 34.7 Å². The second kappa shape index (κ2) is 11.0. The molecule has 0 bridgehead atoms. The van der Waals surface area contributed by atoms with Crippen LogP contribution >= 0.6 is 12.2 Å². The van der Waals surface area contributed by atoms with E-state index < -0.39 is 0 Å². The number of nitrogens with one attached hydrogen (secondary N) is 3. The highest BCUT2D eigenvalue weighted by Crippen LogP contribution is 2.27. The molecule has 0 heterocycles. The number of para-hydroxylation sites is 1. The van der Waals surface area contributed by atoms with Crippen LogP contribution in [0.5, 0.6) is 5.75 Å². The van der Waals surface area contributed by atoms with Gasteiger partial charge in [-0.2, -0.15) is 0 Å². The van der Waals surface area contributed by atoms with Crippen LogP contribution < -0.4 is 20.7 Å². The van der Waals surface area contributed by atoms with Crippen LogP contribution in [0.3, 0.4) is 0 Å². The molecule has 0 aromatic heterocycles. The predicted molar refractivity (Wildman–Crippen MR) is 127 cm³/mol. The second-order valence-corrected chi connectivity index (χ2v) is 7.11. The number of hydrogen-bond donors (Lipinski definition) is 3. The molecular formula is C24H25N3O2S. The standard InChI is InChI=1S/C24H25N3O2S/c1-18(28)26-20-11-7-12-21(17-20)29-16-8-15-25-24(30)27-23-14-6-5-13-22(23)19-9-3-2-4-10-19/h2-7,9-14,17H,8,15-16H2,1H3,(H,26,28)(H2,25,27,30). The lowest BCUT2D eigenvalue weighted by atomic mass is 10.0. The van der Waals surface area contributed by atoms with Crippen molar-refractivity contribution >= 4 is 34.6 Å². The number of carbonyl (C=O) groups excluding carboxylic acids is 1. The Labute approximate surface area is 182 Å². The summed E-state index contributed by atoms with van der Waals surface area (Å²) in [4.78, 5) is 11.1. The molecule has 1 amide bonds. The maximum atomic E-state index is 11.1. The molecule has 0 aliphatic heterocycles. The van der Waals surface area contributed by atoms with Crippen molar-refractivity contribution < 1.29 is 9.53 Å². The van der Waals surface area contributed by atoms with E-state index in [4.69, 9.17) is 17.0 Å². The summed E-state index contributed by atoms with van der Waals surface area (Å²) in [5, 5.41) is 9.82. The normalized spacial score (nSPS) is 10.2. The molecule has 0 atom stereocenters. The molecule has 30 heavy (non-hydrogen) atoms. The molecule has 0 saturated heterocycles. The van der Waals surface area contributed by atoms with Crippen LogP contribution in [0.25, 0.3) is 11.1 Å². The van der Waals surface area contributed by atoms with Crippen LogP contribution in [-0.2, 0) is 4.79 Å².